The lowest BCUT2D eigenvalue weighted by atomic mass is 10.0. The summed E-state index contributed by atoms with van der Waals surface area (Å²) in [4.78, 5) is 0. The molecule has 1 saturated carbocycles. The summed E-state index contributed by atoms with van der Waals surface area (Å²) in [6.07, 6.45) is 2.20. The zero-order valence-electron chi connectivity index (χ0n) is 11.5. The van der Waals surface area contributed by atoms with Gasteiger partial charge in [-0.2, -0.15) is 17.4 Å². The fourth-order valence-electron chi connectivity index (χ4n) is 2.65. The van der Waals surface area contributed by atoms with Crippen molar-refractivity contribution in [3.05, 3.63) is 35.9 Å². The Morgan fingerprint density at radius 3 is 2.40 bits per heavy atom. The fourth-order valence-corrected chi connectivity index (χ4v) is 4.11. The topological polar surface area (TPSA) is 61.4 Å². The van der Waals surface area contributed by atoms with E-state index in [2.05, 4.69) is 10.0 Å². The van der Waals surface area contributed by atoms with E-state index in [1.807, 2.05) is 30.3 Å². The first-order valence-corrected chi connectivity index (χ1v) is 8.64. The monoisotopic (exact) mass is 295 g/mol. The number of piperazine rings is 1. The molecule has 5 nitrogen and oxygen atoms in total. The molecule has 2 aliphatic rings. The average Bonchev–Trinajstić information content (AvgIpc) is 3.31. The van der Waals surface area contributed by atoms with Crippen LogP contribution in [0.3, 0.4) is 0 Å². The van der Waals surface area contributed by atoms with Crippen molar-refractivity contribution in [1.29, 1.82) is 0 Å². The van der Waals surface area contributed by atoms with Crippen molar-refractivity contribution >= 4 is 10.2 Å². The highest BCUT2D eigenvalue weighted by molar-refractivity contribution is 7.87. The summed E-state index contributed by atoms with van der Waals surface area (Å²) in [5, 5.41) is 3.17. The molecule has 1 aromatic carbocycles. The lowest BCUT2D eigenvalue weighted by Crippen LogP contribution is -2.51. The number of nitrogens with zero attached hydrogens (tertiary/aromatic N) is 1. The lowest BCUT2D eigenvalue weighted by molar-refractivity contribution is 0.349. The zero-order valence-corrected chi connectivity index (χ0v) is 12.3. The van der Waals surface area contributed by atoms with Crippen LogP contribution in [0.25, 0.3) is 0 Å². The van der Waals surface area contributed by atoms with Crippen molar-refractivity contribution in [3.8, 4) is 0 Å². The fraction of sp³-hybridized carbons (Fsp3) is 0.571. The normalized spacial score (nSPS) is 22.6. The van der Waals surface area contributed by atoms with E-state index in [4.69, 9.17) is 0 Å². The molecule has 2 N–H and O–H groups in total. The van der Waals surface area contributed by atoms with E-state index in [1.54, 1.807) is 4.31 Å². The second-order valence-corrected chi connectivity index (χ2v) is 7.20. The highest BCUT2D eigenvalue weighted by Gasteiger charge is 2.36. The molecule has 1 unspecified atom stereocenters. The summed E-state index contributed by atoms with van der Waals surface area (Å²) in [7, 11) is -3.39. The van der Waals surface area contributed by atoms with Gasteiger partial charge in [0.1, 0.15) is 0 Å². The number of nitrogens with one attached hydrogen (secondary N) is 2. The molecule has 0 radical (unpaired) electrons. The van der Waals surface area contributed by atoms with Crippen LogP contribution in [0.15, 0.2) is 30.3 Å². The Morgan fingerprint density at radius 1 is 1.15 bits per heavy atom. The van der Waals surface area contributed by atoms with Crippen molar-refractivity contribution < 1.29 is 8.42 Å². The molecule has 1 atom stereocenters. The van der Waals surface area contributed by atoms with Gasteiger partial charge in [-0.05, 0) is 24.3 Å². The molecule has 1 saturated heterocycles. The van der Waals surface area contributed by atoms with Gasteiger partial charge in [0.05, 0.1) is 6.04 Å². The van der Waals surface area contributed by atoms with Gasteiger partial charge >= 0.3 is 0 Å². The second-order valence-electron chi connectivity index (χ2n) is 5.50. The zero-order chi connectivity index (χ0) is 14.0. The molecule has 0 bridgehead atoms. The number of rotatable bonds is 5. The minimum absolute atomic E-state index is 0.0870. The first kappa shape index (κ1) is 14.0. The molecule has 1 aliphatic heterocycles. The Bertz CT molecular complexity index is 537. The van der Waals surface area contributed by atoms with Crippen molar-refractivity contribution in [2.45, 2.75) is 18.9 Å². The van der Waals surface area contributed by atoms with Crippen LogP contribution in [0.5, 0.6) is 0 Å². The summed E-state index contributed by atoms with van der Waals surface area (Å²) in [5.74, 6) is 0.440. The van der Waals surface area contributed by atoms with Gasteiger partial charge in [0.25, 0.3) is 10.2 Å². The summed E-state index contributed by atoms with van der Waals surface area (Å²) in [6, 6.07) is 9.80. The Balaban J connectivity index is 1.76. The number of hydrogen-bond donors (Lipinski definition) is 2. The summed E-state index contributed by atoms with van der Waals surface area (Å²) in [6.45, 7) is 2.53. The maximum Gasteiger partial charge on any atom is 0.280 e. The summed E-state index contributed by atoms with van der Waals surface area (Å²) < 4.78 is 29.4. The van der Waals surface area contributed by atoms with E-state index in [-0.39, 0.29) is 6.04 Å². The van der Waals surface area contributed by atoms with E-state index in [1.165, 1.54) is 0 Å². The molecule has 0 aromatic heterocycles. The van der Waals surface area contributed by atoms with E-state index in [0.29, 0.717) is 19.0 Å². The first-order valence-electron chi connectivity index (χ1n) is 7.20. The molecule has 0 amide bonds. The predicted molar refractivity (Wildman–Crippen MR) is 78.4 cm³/mol. The summed E-state index contributed by atoms with van der Waals surface area (Å²) >= 11 is 0. The molecule has 1 aliphatic carbocycles. The van der Waals surface area contributed by atoms with Crippen LogP contribution in [0, 0.1) is 5.92 Å². The van der Waals surface area contributed by atoms with Crippen LogP contribution < -0.4 is 10.0 Å². The van der Waals surface area contributed by atoms with E-state index >= 15 is 0 Å². The third kappa shape index (κ3) is 3.20. The van der Waals surface area contributed by atoms with E-state index < -0.39 is 10.2 Å². The molecule has 3 rings (SSSR count). The first-order chi connectivity index (χ1) is 9.67. The van der Waals surface area contributed by atoms with Crippen LogP contribution >= 0.6 is 0 Å². The minimum Gasteiger partial charge on any atom is -0.314 e. The van der Waals surface area contributed by atoms with Crippen molar-refractivity contribution in [1.82, 2.24) is 14.3 Å². The van der Waals surface area contributed by atoms with Gasteiger partial charge in [-0.15, -0.1) is 0 Å². The maximum atomic E-state index is 12.5. The Morgan fingerprint density at radius 2 is 1.80 bits per heavy atom. The molecule has 6 heteroatoms. The average molecular weight is 295 g/mol. The van der Waals surface area contributed by atoms with Gasteiger partial charge < -0.3 is 5.32 Å². The van der Waals surface area contributed by atoms with Gasteiger partial charge in [-0.25, -0.2) is 0 Å². The van der Waals surface area contributed by atoms with Gasteiger partial charge in [0.2, 0.25) is 0 Å². The minimum atomic E-state index is -3.39. The Hall–Kier alpha value is -0.950. The van der Waals surface area contributed by atoms with Crippen molar-refractivity contribution in [3.63, 3.8) is 0 Å². The van der Waals surface area contributed by atoms with Crippen molar-refractivity contribution in [2.75, 3.05) is 26.2 Å². The summed E-state index contributed by atoms with van der Waals surface area (Å²) in [5.41, 5.74) is 1.06. The molecular formula is C14H21N3O2S. The van der Waals surface area contributed by atoms with E-state index in [0.717, 1.165) is 31.5 Å². The van der Waals surface area contributed by atoms with Crippen LogP contribution in [-0.4, -0.2) is 38.9 Å². The van der Waals surface area contributed by atoms with E-state index in [9.17, 15) is 8.42 Å². The third-order valence-electron chi connectivity index (χ3n) is 3.94. The number of benzene rings is 1. The molecule has 2 fully saturated rings. The van der Waals surface area contributed by atoms with Gasteiger partial charge in [-0.1, -0.05) is 30.3 Å². The molecular weight excluding hydrogens is 274 g/mol. The Kier molecular flexibility index (Phi) is 4.07. The molecule has 0 spiro atoms. The van der Waals surface area contributed by atoms with Crippen LogP contribution in [0.2, 0.25) is 0 Å². The SMILES string of the molecule is O=S(=O)(NC(c1ccccc1)C1CC1)N1CCNCC1. The van der Waals surface area contributed by atoms with Crippen LogP contribution in [-0.2, 0) is 10.2 Å². The molecule has 20 heavy (non-hydrogen) atoms. The second kappa shape index (κ2) is 5.81. The largest absolute Gasteiger partial charge is 0.314 e. The molecule has 110 valence electrons. The van der Waals surface area contributed by atoms with Gasteiger partial charge in [-0.3, -0.25) is 0 Å². The molecule has 1 aromatic rings. The van der Waals surface area contributed by atoms with Gasteiger partial charge in [0.15, 0.2) is 0 Å². The van der Waals surface area contributed by atoms with Crippen LogP contribution in [0.1, 0.15) is 24.4 Å². The lowest BCUT2D eigenvalue weighted by Gasteiger charge is -2.29. The Labute approximate surface area is 120 Å². The van der Waals surface area contributed by atoms with Crippen molar-refractivity contribution in [2.24, 2.45) is 5.92 Å². The van der Waals surface area contributed by atoms with Gasteiger partial charge in [0, 0.05) is 26.2 Å². The third-order valence-corrected chi connectivity index (χ3v) is 5.54. The molecule has 1 heterocycles. The highest BCUT2D eigenvalue weighted by atomic mass is 32.2. The highest BCUT2D eigenvalue weighted by Crippen LogP contribution is 2.41. The quantitative estimate of drug-likeness (QED) is 0.847. The van der Waals surface area contributed by atoms with Crippen LogP contribution in [0.4, 0.5) is 0 Å². The standard InChI is InChI=1S/C14H21N3O2S/c18-20(19,17-10-8-15-9-11-17)16-14(13-6-7-13)12-4-2-1-3-5-12/h1-5,13-16H,6-11H2. The number of hydrogen-bond acceptors (Lipinski definition) is 3. The maximum absolute atomic E-state index is 12.5. The predicted octanol–water partition coefficient (Wildman–Crippen LogP) is 0.877. The smallest absolute Gasteiger partial charge is 0.280 e.